The standard InChI is InChI=1S/C15H21N5OS/c1-5-20-11(4)14(10(3)19-20)18-15(21)17-12-7-8-13(16-9-12)22-6-2/h7-9H,5-6H2,1-4H3,(H2,17,18,21). The van der Waals surface area contributed by atoms with Gasteiger partial charge in [-0.3, -0.25) is 4.68 Å². The molecule has 2 heterocycles. The van der Waals surface area contributed by atoms with Crippen molar-refractivity contribution in [3.05, 3.63) is 29.7 Å². The van der Waals surface area contributed by atoms with Gasteiger partial charge in [0.05, 0.1) is 34.0 Å². The molecule has 118 valence electrons. The Hall–Kier alpha value is -2.02. The van der Waals surface area contributed by atoms with Crippen molar-refractivity contribution in [2.45, 2.75) is 39.3 Å². The summed E-state index contributed by atoms with van der Waals surface area (Å²) < 4.78 is 1.86. The maximum Gasteiger partial charge on any atom is 0.323 e. The molecule has 2 N–H and O–H groups in total. The number of urea groups is 1. The first kappa shape index (κ1) is 16.4. The van der Waals surface area contributed by atoms with Gasteiger partial charge in [-0.2, -0.15) is 5.10 Å². The fourth-order valence-corrected chi connectivity index (χ4v) is 2.74. The van der Waals surface area contributed by atoms with Crippen LogP contribution in [0, 0.1) is 13.8 Å². The van der Waals surface area contributed by atoms with Gasteiger partial charge < -0.3 is 10.6 Å². The molecule has 2 rings (SSSR count). The number of hydrogen-bond donors (Lipinski definition) is 2. The van der Waals surface area contributed by atoms with E-state index in [4.69, 9.17) is 0 Å². The van der Waals surface area contributed by atoms with Crippen molar-refractivity contribution in [1.82, 2.24) is 14.8 Å². The van der Waals surface area contributed by atoms with E-state index in [0.29, 0.717) is 5.69 Å². The zero-order valence-corrected chi connectivity index (χ0v) is 14.1. The number of carbonyl (C=O) groups excluding carboxylic acids is 1. The van der Waals surface area contributed by atoms with Gasteiger partial charge in [0.25, 0.3) is 0 Å². The van der Waals surface area contributed by atoms with Crippen LogP contribution >= 0.6 is 11.8 Å². The van der Waals surface area contributed by atoms with E-state index in [-0.39, 0.29) is 6.03 Å². The van der Waals surface area contributed by atoms with Crippen LogP contribution in [0.3, 0.4) is 0 Å². The summed E-state index contributed by atoms with van der Waals surface area (Å²) >= 11 is 1.66. The van der Waals surface area contributed by atoms with Crippen LogP contribution in [0.15, 0.2) is 23.4 Å². The lowest BCUT2D eigenvalue weighted by Crippen LogP contribution is -2.20. The summed E-state index contributed by atoms with van der Waals surface area (Å²) in [6.07, 6.45) is 1.66. The molecule has 0 saturated heterocycles. The van der Waals surface area contributed by atoms with Gasteiger partial charge in [-0.1, -0.05) is 6.92 Å². The van der Waals surface area contributed by atoms with Crippen molar-refractivity contribution in [3.8, 4) is 0 Å². The van der Waals surface area contributed by atoms with Gasteiger partial charge in [0.2, 0.25) is 0 Å². The lowest BCUT2D eigenvalue weighted by molar-refractivity contribution is 0.262. The second kappa shape index (κ2) is 7.31. The third kappa shape index (κ3) is 3.79. The molecule has 2 aromatic rings. The molecule has 0 radical (unpaired) electrons. The highest BCUT2D eigenvalue weighted by Gasteiger charge is 2.13. The predicted molar refractivity (Wildman–Crippen MR) is 90.7 cm³/mol. The molecule has 0 aromatic carbocycles. The summed E-state index contributed by atoms with van der Waals surface area (Å²) in [7, 11) is 0. The van der Waals surface area contributed by atoms with E-state index in [0.717, 1.165) is 34.4 Å². The van der Waals surface area contributed by atoms with Crippen LogP contribution in [-0.4, -0.2) is 26.5 Å². The van der Waals surface area contributed by atoms with Gasteiger partial charge in [0.1, 0.15) is 0 Å². The summed E-state index contributed by atoms with van der Waals surface area (Å²) in [4.78, 5) is 16.4. The van der Waals surface area contributed by atoms with Crippen LogP contribution in [0.2, 0.25) is 0 Å². The first-order valence-electron chi connectivity index (χ1n) is 7.26. The molecule has 2 amide bonds. The van der Waals surface area contributed by atoms with Crippen LogP contribution in [0.5, 0.6) is 0 Å². The topological polar surface area (TPSA) is 71.8 Å². The molecule has 7 heteroatoms. The number of aromatic nitrogens is 3. The van der Waals surface area contributed by atoms with Crippen LogP contribution in [0.1, 0.15) is 25.2 Å². The van der Waals surface area contributed by atoms with Crippen molar-refractivity contribution in [2.24, 2.45) is 0 Å². The van der Waals surface area contributed by atoms with E-state index in [1.807, 2.05) is 37.6 Å². The Morgan fingerprint density at radius 1 is 1.27 bits per heavy atom. The SMILES string of the molecule is CCSc1ccc(NC(=O)Nc2c(C)nn(CC)c2C)cn1. The van der Waals surface area contributed by atoms with E-state index in [2.05, 4.69) is 27.6 Å². The summed E-state index contributed by atoms with van der Waals surface area (Å²) in [5.74, 6) is 0.972. The number of pyridine rings is 1. The highest BCUT2D eigenvalue weighted by atomic mass is 32.2. The number of carbonyl (C=O) groups is 1. The van der Waals surface area contributed by atoms with Gasteiger partial charge in [-0.15, -0.1) is 11.8 Å². The molecule has 0 aliphatic heterocycles. The molecular weight excluding hydrogens is 298 g/mol. The molecule has 0 aliphatic rings. The maximum absolute atomic E-state index is 12.1. The highest BCUT2D eigenvalue weighted by molar-refractivity contribution is 7.99. The van der Waals surface area contributed by atoms with Crippen LogP contribution in [0.25, 0.3) is 0 Å². The molecule has 0 bridgehead atoms. The minimum absolute atomic E-state index is 0.292. The highest BCUT2D eigenvalue weighted by Crippen LogP contribution is 2.20. The lowest BCUT2D eigenvalue weighted by atomic mass is 10.3. The number of nitrogens with zero attached hydrogens (tertiary/aromatic N) is 3. The zero-order chi connectivity index (χ0) is 16.1. The van der Waals surface area contributed by atoms with Gasteiger partial charge in [0.15, 0.2) is 0 Å². The molecule has 0 unspecified atom stereocenters. The molecule has 0 spiro atoms. The number of hydrogen-bond acceptors (Lipinski definition) is 4. The second-order valence-electron chi connectivity index (χ2n) is 4.76. The molecule has 0 saturated carbocycles. The Kier molecular flexibility index (Phi) is 5.43. The van der Waals surface area contributed by atoms with Crippen LogP contribution in [0.4, 0.5) is 16.2 Å². The Balaban J connectivity index is 2.02. The van der Waals surface area contributed by atoms with Crippen molar-refractivity contribution in [2.75, 3.05) is 16.4 Å². The average Bonchev–Trinajstić information content (AvgIpc) is 2.77. The lowest BCUT2D eigenvalue weighted by Gasteiger charge is -2.08. The second-order valence-corrected chi connectivity index (χ2v) is 6.04. The first-order valence-corrected chi connectivity index (χ1v) is 8.24. The van der Waals surface area contributed by atoms with Gasteiger partial charge >= 0.3 is 6.03 Å². The summed E-state index contributed by atoms with van der Waals surface area (Å²) in [6.45, 7) is 8.69. The Morgan fingerprint density at radius 3 is 2.59 bits per heavy atom. The molecule has 0 fully saturated rings. The Morgan fingerprint density at radius 2 is 2.05 bits per heavy atom. The number of rotatable bonds is 5. The molecule has 6 nitrogen and oxygen atoms in total. The largest absolute Gasteiger partial charge is 0.323 e. The molecule has 22 heavy (non-hydrogen) atoms. The fourth-order valence-electron chi connectivity index (χ4n) is 2.15. The number of amides is 2. The number of aryl methyl sites for hydroxylation is 2. The smallest absolute Gasteiger partial charge is 0.306 e. The van der Waals surface area contributed by atoms with E-state index in [1.54, 1.807) is 18.0 Å². The summed E-state index contributed by atoms with van der Waals surface area (Å²) in [5, 5.41) is 11.0. The van der Waals surface area contributed by atoms with E-state index in [1.165, 1.54) is 0 Å². The monoisotopic (exact) mass is 319 g/mol. The molecule has 2 aromatic heterocycles. The normalized spacial score (nSPS) is 10.5. The number of thioether (sulfide) groups is 1. The van der Waals surface area contributed by atoms with Gasteiger partial charge in [0, 0.05) is 6.54 Å². The summed E-state index contributed by atoms with van der Waals surface area (Å²) in [5.41, 5.74) is 3.17. The Bertz CT molecular complexity index is 651. The minimum atomic E-state index is -0.292. The van der Waals surface area contributed by atoms with Crippen molar-refractivity contribution in [3.63, 3.8) is 0 Å². The molecule has 0 atom stereocenters. The predicted octanol–water partition coefficient (Wildman–Crippen LogP) is 3.67. The molecule has 0 aliphatic carbocycles. The van der Waals surface area contributed by atoms with Crippen LogP contribution < -0.4 is 10.6 Å². The fraction of sp³-hybridized carbons (Fsp3) is 0.400. The van der Waals surface area contributed by atoms with E-state index >= 15 is 0 Å². The summed E-state index contributed by atoms with van der Waals surface area (Å²) in [6, 6.07) is 3.45. The first-order chi connectivity index (χ1) is 10.5. The van der Waals surface area contributed by atoms with Crippen LogP contribution in [-0.2, 0) is 6.54 Å². The van der Waals surface area contributed by atoms with E-state index in [9.17, 15) is 4.79 Å². The molecular formula is C15H21N5OS. The minimum Gasteiger partial charge on any atom is -0.306 e. The zero-order valence-electron chi connectivity index (χ0n) is 13.3. The van der Waals surface area contributed by atoms with Gasteiger partial charge in [-0.25, -0.2) is 9.78 Å². The van der Waals surface area contributed by atoms with Gasteiger partial charge in [-0.05, 0) is 38.7 Å². The third-order valence-electron chi connectivity index (χ3n) is 3.21. The third-order valence-corrected chi connectivity index (χ3v) is 4.03. The Labute approximate surface area is 134 Å². The van der Waals surface area contributed by atoms with Crippen molar-refractivity contribution < 1.29 is 4.79 Å². The number of anilines is 2. The van der Waals surface area contributed by atoms with Crippen molar-refractivity contribution >= 4 is 29.2 Å². The quantitative estimate of drug-likeness (QED) is 0.825. The number of nitrogens with one attached hydrogen (secondary N) is 2. The van der Waals surface area contributed by atoms with Crippen molar-refractivity contribution in [1.29, 1.82) is 0 Å². The van der Waals surface area contributed by atoms with E-state index < -0.39 is 0 Å². The average molecular weight is 319 g/mol. The maximum atomic E-state index is 12.1.